The van der Waals surface area contributed by atoms with Crippen LogP contribution in [0.2, 0.25) is 0 Å². The lowest BCUT2D eigenvalue weighted by Gasteiger charge is -2.17. The maximum absolute atomic E-state index is 12.4. The molecular weight excluding hydrogens is 364 g/mol. The predicted molar refractivity (Wildman–Crippen MR) is 113 cm³/mol. The molecule has 3 aromatic carbocycles. The van der Waals surface area contributed by atoms with E-state index in [2.05, 4.69) is 10.9 Å². The second-order valence-electron chi connectivity index (χ2n) is 6.71. The highest BCUT2D eigenvalue weighted by Crippen LogP contribution is 2.19. The summed E-state index contributed by atoms with van der Waals surface area (Å²) in [7, 11) is 0. The Kier molecular flexibility index (Phi) is 6.63. The molecule has 2 amide bonds. The van der Waals surface area contributed by atoms with E-state index in [0.29, 0.717) is 17.7 Å². The van der Waals surface area contributed by atoms with Gasteiger partial charge < -0.3 is 4.74 Å². The van der Waals surface area contributed by atoms with Gasteiger partial charge in [0.05, 0.1) is 0 Å². The summed E-state index contributed by atoms with van der Waals surface area (Å²) in [4.78, 5) is 24.7. The maximum Gasteiger partial charge on any atom is 0.279 e. The number of carbonyl (C=O) groups excluding carboxylic acids is 2. The van der Waals surface area contributed by atoms with Crippen LogP contribution in [-0.4, -0.2) is 17.9 Å². The highest BCUT2D eigenvalue weighted by Gasteiger charge is 2.19. The van der Waals surface area contributed by atoms with Gasteiger partial charge in [-0.3, -0.25) is 20.4 Å². The van der Waals surface area contributed by atoms with Gasteiger partial charge in [-0.25, -0.2) is 0 Å². The molecule has 3 rings (SSSR count). The van der Waals surface area contributed by atoms with Gasteiger partial charge in [-0.05, 0) is 48.7 Å². The molecule has 0 aliphatic carbocycles. The minimum Gasteiger partial charge on any atom is -0.481 e. The SMILES string of the molecule is CCC(Oc1ccc(C)cc1)C(=O)NNC(=O)c1ccc(-c2ccccc2)cc1. The van der Waals surface area contributed by atoms with Gasteiger partial charge in [0.25, 0.3) is 11.8 Å². The lowest BCUT2D eigenvalue weighted by Crippen LogP contribution is -2.47. The highest BCUT2D eigenvalue weighted by molar-refractivity contribution is 5.96. The molecule has 0 bridgehead atoms. The minimum absolute atomic E-state index is 0.386. The largest absolute Gasteiger partial charge is 0.481 e. The van der Waals surface area contributed by atoms with E-state index in [1.54, 1.807) is 12.1 Å². The third-order valence-corrected chi connectivity index (χ3v) is 4.52. The second kappa shape index (κ2) is 9.55. The van der Waals surface area contributed by atoms with Gasteiger partial charge in [0.1, 0.15) is 5.75 Å². The van der Waals surface area contributed by atoms with Crippen LogP contribution >= 0.6 is 0 Å². The van der Waals surface area contributed by atoms with Crippen LogP contribution in [0.5, 0.6) is 5.75 Å². The number of hydrogen-bond donors (Lipinski definition) is 2. The molecule has 0 aromatic heterocycles. The lowest BCUT2D eigenvalue weighted by molar-refractivity contribution is -0.128. The van der Waals surface area contributed by atoms with E-state index in [4.69, 9.17) is 4.74 Å². The molecule has 5 heteroatoms. The van der Waals surface area contributed by atoms with Crippen LogP contribution in [-0.2, 0) is 4.79 Å². The first-order valence-corrected chi connectivity index (χ1v) is 9.56. The van der Waals surface area contributed by atoms with Crippen molar-refractivity contribution in [3.05, 3.63) is 90.0 Å². The number of aryl methyl sites for hydroxylation is 1. The fraction of sp³-hybridized carbons (Fsp3) is 0.167. The summed E-state index contributed by atoms with van der Waals surface area (Å²) in [6.45, 7) is 3.83. The van der Waals surface area contributed by atoms with Crippen LogP contribution in [0.3, 0.4) is 0 Å². The molecule has 0 aliphatic heterocycles. The van der Waals surface area contributed by atoms with Crippen molar-refractivity contribution in [2.24, 2.45) is 0 Å². The summed E-state index contributed by atoms with van der Waals surface area (Å²) in [5.41, 5.74) is 8.56. The second-order valence-corrected chi connectivity index (χ2v) is 6.71. The molecule has 0 spiro atoms. The Balaban J connectivity index is 1.56. The fourth-order valence-electron chi connectivity index (χ4n) is 2.82. The molecule has 0 radical (unpaired) electrons. The Labute approximate surface area is 170 Å². The van der Waals surface area contributed by atoms with Crippen LogP contribution in [0.4, 0.5) is 0 Å². The molecule has 0 fully saturated rings. The van der Waals surface area contributed by atoms with Gasteiger partial charge in [0.15, 0.2) is 6.10 Å². The summed E-state index contributed by atoms with van der Waals surface area (Å²) in [5.74, 6) is -0.175. The van der Waals surface area contributed by atoms with Crippen LogP contribution in [0.25, 0.3) is 11.1 Å². The molecule has 5 nitrogen and oxygen atoms in total. The third kappa shape index (κ3) is 5.45. The van der Waals surface area contributed by atoms with Crippen LogP contribution in [0.15, 0.2) is 78.9 Å². The van der Waals surface area contributed by atoms with Gasteiger partial charge in [-0.1, -0.05) is 67.1 Å². The van der Waals surface area contributed by atoms with Gasteiger partial charge in [0.2, 0.25) is 0 Å². The lowest BCUT2D eigenvalue weighted by atomic mass is 10.0. The van der Waals surface area contributed by atoms with Crippen LogP contribution in [0, 0.1) is 6.92 Å². The molecule has 0 heterocycles. The zero-order valence-electron chi connectivity index (χ0n) is 16.5. The Morgan fingerprint density at radius 3 is 2.07 bits per heavy atom. The van der Waals surface area contributed by atoms with Crippen molar-refractivity contribution in [3.63, 3.8) is 0 Å². The van der Waals surface area contributed by atoms with Crippen molar-refractivity contribution >= 4 is 11.8 Å². The Hall–Kier alpha value is -3.60. The summed E-state index contributed by atoms with van der Waals surface area (Å²) in [6.07, 6.45) is -0.222. The standard InChI is InChI=1S/C24H24N2O3/c1-3-22(29-21-15-9-17(2)10-16-21)24(28)26-25-23(27)20-13-11-19(12-14-20)18-7-5-4-6-8-18/h4-16,22H,3H2,1-2H3,(H,25,27)(H,26,28). The van der Waals surface area contributed by atoms with Crippen molar-refractivity contribution in [3.8, 4) is 16.9 Å². The maximum atomic E-state index is 12.4. The normalized spacial score (nSPS) is 11.4. The van der Waals surface area contributed by atoms with Crippen molar-refractivity contribution < 1.29 is 14.3 Å². The van der Waals surface area contributed by atoms with E-state index in [1.165, 1.54) is 0 Å². The number of benzene rings is 3. The molecule has 3 aromatic rings. The summed E-state index contributed by atoms with van der Waals surface area (Å²) < 4.78 is 5.72. The van der Waals surface area contributed by atoms with Gasteiger partial charge in [-0.2, -0.15) is 0 Å². The number of hydrazine groups is 1. The van der Waals surface area contributed by atoms with Crippen LogP contribution in [0.1, 0.15) is 29.3 Å². The van der Waals surface area contributed by atoms with E-state index < -0.39 is 12.0 Å². The molecule has 0 saturated heterocycles. The average Bonchev–Trinajstić information content (AvgIpc) is 2.77. The molecule has 1 atom stereocenters. The van der Waals surface area contributed by atoms with Crippen molar-refractivity contribution in [2.75, 3.05) is 0 Å². The monoisotopic (exact) mass is 388 g/mol. The Morgan fingerprint density at radius 2 is 1.45 bits per heavy atom. The summed E-state index contributed by atoms with van der Waals surface area (Å²) in [6, 6.07) is 24.6. The number of rotatable bonds is 6. The molecule has 0 saturated carbocycles. The Bertz CT molecular complexity index is 952. The number of hydrogen-bond acceptors (Lipinski definition) is 3. The number of nitrogens with one attached hydrogen (secondary N) is 2. The first-order valence-electron chi connectivity index (χ1n) is 9.56. The van der Waals surface area contributed by atoms with Crippen molar-refractivity contribution in [1.82, 2.24) is 10.9 Å². The summed E-state index contributed by atoms with van der Waals surface area (Å²) in [5, 5.41) is 0. The van der Waals surface area contributed by atoms with Crippen molar-refractivity contribution in [1.29, 1.82) is 0 Å². The predicted octanol–water partition coefficient (Wildman–Crippen LogP) is 4.28. The Morgan fingerprint density at radius 1 is 0.828 bits per heavy atom. The number of amides is 2. The molecule has 0 aliphatic rings. The third-order valence-electron chi connectivity index (χ3n) is 4.52. The molecule has 1 unspecified atom stereocenters. The van der Waals surface area contributed by atoms with Gasteiger partial charge in [0, 0.05) is 5.56 Å². The fourth-order valence-corrected chi connectivity index (χ4v) is 2.82. The smallest absolute Gasteiger partial charge is 0.279 e. The molecule has 29 heavy (non-hydrogen) atoms. The zero-order chi connectivity index (χ0) is 20.6. The highest BCUT2D eigenvalue weighted by atomic mass is 16.5. The number of carbonyl (C=O) groups is 2. The quantitative estimate of drug-likeness (QED) is 0.620. The van der Waals surface area contributed by atoms with Gasteiger partial charge in [-0.15, -0.1) is 0 Å². The zero-order valence-corrected chi connectivity index (χ0v) is 16.5. The molecule has 2 N–H and O–H groups in total. The minimum atomic E-state index is -0.696. The molecular formula is C24H24N2O3. The van der Waals surface area contributed by atoms with E-state index in [1.807, 2.05) is 80.6 Å². The summed E-state index contributed by atoms with van der Waals surface area (Å²) >= 11 is 0. The van der Waals surface area contributed by atoms with Crippen molar-refractivity contribution in [2.45, 2.75) is 26.4 Å². The first kappa shape index (κ1) is 20.1. The van der Waals surface area contributed by atoms with Crippen LogP contribution < -0.4 is 15.6 Å². The van der Waals surface area contributed by atoms with Gasteiger partial charge >= 0.3 is 0 Å². The number of ether oxygens (including phenoxy) is 1. The average molecular weight is 388 g/mol. The van der Waals surface area contributed by atoms with E-state index in [-0.39, 0.29) is 5.91 Å². The topological polar surface area (TPSA) is 67.4 Å². The van der Waals surface area contributed by atoms with E-state index in [0.717, 1.165) is 16.7 Å². The first-order chi connectivity index (χ1) is 14.1. The van der Waals surface area contributed by atoms with E-state index in [9.17, 15) is 9.59 Å². The molecule has 148 valence electrons. The van der Waals surface area contributed by atoms with E-state index >= 15 is 0 Å².